The maximum Gasteiger partial charge on any atom is 0.290 e. The highest BCUT2D eigenvalue weighted by Gasteiger charge is 2.15. The maximum atomic E-state index is 10.8. The molecule has 4 N–H and O–H groups in total. The summed E-state index contributed by atoms with van der Waals surface area (Å²) in [7, 11) is 0. The number of nitrogen functional groups attached to an aromatic ring is 1. The zero-order valence-electron chi connectivity index (χ0n) is 7.98. The molecule has 1 heterocycles. The third-order valence-corrected chi connectivity index (χ3v) is 2.26. The average molecular weight is 239 g/mol. The minimum Gasteiger partial charge on any atom is -0.397 e. The lowest BCUT2D eigenvalue weighted by molar-refractivity contribution is 0.0987. The number of benzene rings is 1. The smallest absolute Gasteiger partial charge is 0.290 e. The Kier molecular flexibility index (Phi) is 2.49. The molecule has 6 nitrogen and oxygen atoms in total. The molecule has 1 amide bonds. The molecule has 0 saturated heterocycles. The lowest BCUT2D eigenvalue weighted by atomic mass is 10.2. The third kappa shape index (κ3) is 1.70. The van der Waals surface area contributed by atoms with E-state index in [9.17, 15) is 4.79 Å². The molecule has 0 aliphatic heterocycles. The summed E-state index contributed by atoms with van der Waals surface area (Å²) >= 11 is 5.83. The van der Waals surface area contributed by atoms with Gasteiger partial charge in [-0.3, -0.25) is 4.79 Å². The predicted octanol–water partition coefficient (Wildman–Crippen LogP) is 1.07. The van der Waals surface area contributed by atoms with Gasteiger partial charge in [0.15, 0.2) is 0 Å². The number of hydrogen-bond acceptors (Lipinski definition) is 5. The van der Waals surface area contributed by atoms with Crippen LogP contribution in [-0.4, -0.2) is 16.0 Å². The number of carbonyl (C=O) groups is 1. The van der Waals surface area contributed by atoms with Crippen molar-refractivity contribution in [2.45, 2.75) is 0 Å². The number of aromatic nitrogens is 2. The number of hydrogen-bond donors (Lipinski definition) is 2. The Labute approximate surface area is 95.2 Å². The first-order valence-electron chi connectivity index (χ1n) is 4.27. The molecule has 0 atom stereocenters. The summed E-state index contributed by atoms with van der Waals surface area (Å²) in [6.07, 6.45) is 0. The fourth-order valence-corrected chi connectivity index (χ4v) is 1.33. The molecule has 0 spiro atoms. The fraction of sp³-hybridized carbons (Fsp3) is 0. The molecule has 0 bridgehead atoms. The second-order valence-corrected chi connectivity index (χ2v) is 3.40. The molecule has 0 saturated carbocycles. The molecule has 0 aliphatic carbocycles. The minimum absolute atomic E-state index is 0.105. The Morgan fingerprint density at radius 1 is 1.44 bits per heavy atom. The van der Waals surface area contributed by atoms with Crippen molar-refractivity contribution in [1.29, 1.82) is 0 Å². The second-order valence-electron chi connectivity index (χ2n) is 2.99. The highest BCUT2D eigenvalue weighted by atomic mass is 35.5. The van der Waals surface area contributed by atoms with E-state index in [0.717, 1.165) is 0 Å². The van der Waals surface area contributed by atoms with Crippen molar-refractivity contribution in [2.75, 3.05) is 5.73 Å². The molecule has 0 radical (unpaired) electrons. The van der Waals surface area contributed by atoms with E-state index in [1.165, 1.54) is 0 Å². The lowest BCUT2D eigenvalue weighted by Gasteiger charge is -2.01. The highest BCUT2D eigenvalue weighted by Crippen LogP contribution is 2.29. The number of carbonyl (C=O) groups excluding carboxylic acids is 1. The van der Waals surface area contributed by atoms with Gasteiger partial charge in [0.05, 0.1) is 16.3 Å². The Hall–Kier alpha value is -2.08. The number of nitrogens with zero attached hydrogens (tertiary/aromatic N) is 2. The number of nitrogens with two attached hydrogens (primary N) is 2. The second kappa shape index (κ2) is 3.82. The first kappa shape index (κ1) is 10.4. The van der Waals surface area contributed by atoms with Gasteiger partial charge in [0.1, 0.15) is 0 Å². The number of anilines is 1. The Morgan fingerprint density at radius 2 is 2.19 bits per heavy atom. The quantitative estimate of drug-likeness (QED) is 0.761. The van der Waals surface area contributed by atoms with E-state index in [1.54, 1.807) is 18.2 Å². The van der Waals surface area contributed by atoms with Crippen molar-refractivity contribution < 1.29 is 9.32 Å². The molecule has 0 unspecified atom stereocenters. The summed E-state index contributed by atoms with van der Waals surface area (Å²) in [5.41, 5.74) is 11.5. The Morgan fingerprint density at radius 3 is 2.81 bits per heavy atom. The molecule has 1 aromatic carbocycles. The zero-order valence-corrected chi connectivity index (χ0v) is 8.73. The van der Waals surface area contributed by atoms with Crippen LogP contribution in [0.4, 0.5) is 5.69 Å². The predicted molar refractivity (Wildman–Crippen MR) is 57.7 cm³/mol. The van der Waals surface area contributed by atoms with Crippen LogP contribution in [0.5, 0.6) is 0 Å². The molecule has 0 fully saturated rings. The van der Waals surface area contributed by atoms with Gasteiger partial charge >= 0.3 is 0 Å². The highest BCUT2D eigenvalue weighted by molar-refractivity contribution is 6.33. The number of para-hydroxylation sites is 1. The summed E-state index contributed by atoms with van der Waals surface area (Å²) in [5.74, 6) is -0.862. The van der Waals surface area contributed by atoms with Crippen molar-refractivity contribution in [2.24, 2.45) is 5.73 Å². The van der Waals surface area contributed by atoms with E-state index in [4.69, 9.17) is 27.6 Å². The SMILES string of the molecule is NC(=O)c1noc(-c2cccc(Cl)c2N)n1. The number of halogens is 1. The Bertz CT molecular complexity index is 552. The van der Waals surface area contributed by atoms with Crippen LogP contribution in [0.3, 0.4) is 0 Å². The van der Waals surface area contributed by atoms with Gasteiger partial charge in [0.2, 0.25) is 0 Å². The number of amides is 1. The van der Waals surface area contributed by atoms with E-state index < -0.39 is 5.91 Å². The van der Waals surface area contributed by atoms with Crippen LogP contribution >= 0.6 is 11.6 Å². The van der Waals surface area contributed by atoms with Gasteiger partial charge in [0.25, 0.3) is 17.6 Å². The molecular formula is C9H7ClN4O2. The first-order chi connectivity index (χ1) is 7.59. The van der Waals surface area contributed by atoms with Crippen molar-refractivity contribution in [3.05, 3.63) is 29.0 Å². The topological polar surface area (TPSA) is 108 Å². The lowest BCUT2D eigenvalue weighted by Crippen LogP contribution is -2.12. The largest absolute Gasteiger partial charge is 0.397 e. The van der Waals surface area contributed by atoms with Gasteiger partial charge in [-0.05, 0) is 12.1 Å². The fourth-order valence-electron chi connectivity index (χ4n) is 1.16. The van der Waals surface area contributed by atoms with Gasteiger partial charge in [-0.15, -0.1) is 0 Å². The molecule has 2 aromatic rings. The molecule has 0 aliphatic rings. The first-order valence-corrected chi connectivity index (χ1v) is 4.65. The van der Waals surface area contributed by atoms with E-state index in [0.29, 0.717) is 16.3 Å². The molecule has 16 heavy (non-hydrogen) atoms. The van der Waals surface area contributed by atoms with Gasteiger partial charge in [-0.1, -0.05) is 22.8 Å². The Balaban J connectivity index is 2.50. The van der Waals surface area contributed by atoms with Crippen molar-refractivity contribution in [1.82, 2.24) is 10.1 Å². The van der Waals surface area contributed by atoms with Crippen LogP contribution in [0.1, 0.15) is 10.6 Å². The molecule has 1 aromatic heterocycles. The van der Waals surface area contributed by atoms with E-state index >= 15 is 0 Å². The van der Waals surface area contributed by atoms with E-state index in [-0.39, 0.29) is 11.7 Å². The van der Waals surface area contributed by atoms with Gasteiger partial charge < -0.3 is 16.0 Å². The molecule has 7 heteroatoms. The summed E-state index contributed by atoms with van der Waals surface area (Å²) in [6, 6.07) is 4.97. The molecular weight excluding hydrogens is 232 g/mol. The van der Waals surface area contributed by atoms with E-state index in [2.05, 4.69) is 10.1 Å². The average Bonchev–Trinajstić information content (AvgIpc) is 2.71. The summed E-state index contributed by atoms with van der Waals surface area (Å²) in [6.45, 7) is 0. The number of rotatable bonds is 2. The monoisotopic (exact) mass is 238 g/mol. The van der Waals surface area contributed by atoms with Crippen LogP contribution in [0.15, 0.2) is 22.7 Å². The zero-order chi connectivity index (χ0) is 11.7. The van der Waals surface area contributed by atoms with Crippen LogP contribution in [0.2, 0.25) is 5.02 Å². The normalized spacial score (nSPS) is 10.3. The van der Waals surface area contributed by atoms with Gasteiger partial charge in [-0.2, -0.15) is 4.98 Å². The van der Waals surface area contributed by atoms with Crippen molar-refractivity contribution in [3.63, 3.8) is 0 Å². The number of primary amides is 1. The summed E-state index contributed by atoms with van der Waals surface area (Å²) in [4.78, 5) is 14.6. The van der Waals surface area contributed by atoms with Gasteiger partial charge in [0, 0.05) is 0 Å². The standard InChI is InChI=1S/C9H7ClN4O2/c10-5-3-1-2-4(6(5)11)9-13-8(7(12)15)14-16-9/h1-3H,11H2,(H2,12,15). The minimum atomic E-state index is -0.768. The third-order valence-electron chi connectivity index (χ3n) is 1.93. The van der Waals surface area contributed by atoms with Crippen molar-refractivity contribution >= 4 is 23.2 Å². The maximum absolute atomic E-state index is 10.8. The molecule has 82 valence electrons. The van der Waals surface area contributed by atoms with Crippen LogP contribution in [-0.2, 0) is 0 Å². The van der Waals surface area contributed by atoms with E-state index in [1.807, 2.05) is 0 Å². The summed E-state index contributed by atoms with van der Waals surface area (Å²) in [5, 5.41) is 3.78. The van der Waals surface area contributed by atoms with Crippen LogP contribution < -0.4 is 11.5 Å². The molecule has 2 rings (SSSR count). The summed E-state index contributed by atoms with van der Waals surface area (Å²) < 4.78 is 4.85. The van der Waals surface area contributed by atoms with Crippen molar-refractivity contribution in [3.8, 4) is 11.5 Å². The van der Waals surface area contributed by atoms with Gasteiger partial charge in [-0.25, -0.2) is 0 Å². The van der Waals surface area contributed by atoms with Crippen LogP contribution in [0.25, 0.3) is 11.5 Å². The van der Waals surface area contributed by atoms with Crippen LogP contribution in [0, 0.1) is 0 Å².